The van der Waals surface area contributed by atoms with Gasteiger partial charge >= 0.3 is 0 Å². The molecule has 17 heavy (non-hydrogen) atoms. The number of hydrogen-bond acceptors (Lipinski definition) is 1. The van der Waals surface area contributed by atoms with Crippen LogP contribution < -0.4 is 4.90 Å². The number of piperidine rings is 1. The van der Waals surface area contributed by atoms with Crippen LogP contribution in [0.1, 0.15) is 20.3 Å². The van der Waals surface area contributed by atoms with E-state index < -0.39 is 0 Å². The summed E-state index contributed by atoms with van der Waals surface area (Å²) in [7, 11) is 0. The van der Waals surface area contributed by atoms with Crippen molar-refractivity contribution in [3.8, 4) is 0 Å². The molecule has 0 aromatic heterocycles. The van der Waals surface area contributed by atoms with E-state index in [1.165, 1.54) is 0 Å². The minimum atomic E-state index is 0.0769. The first-order chi connectivity index (χ1) is 8.09. The molecule has 0 spiro atoms. The zero-order valence-electron chi connectivity index (χ0n) is 10.5. The fourth-order valence-electron chi connectivity index (χ4n) is 2.25. The standard InChI is InChI=1S/C15H19NO/c1-11(2)13-9-12(3)15(17)16(10-13)14-7-5-4-6-8-14/h4-8,11,13H,3,9-10H2,1-2H3/t13-/m1/s1. The lowest BCUT2D eigenvalue weighted by Gasteiger charge is -2.35. The third-order valence-corrected chi connectivity index (χ3v) is 3.48. The molecule has 90 valence electrons. The quantitative estimate of drug-likeness (QED) is 0.713. The highest BCUT2D eigenvalue weighted by atomic mass is 16.2. The lowest BCUT2D eigenvalue weighted by atomic mass is 9.85. The Morgan fingerprint density at radius 2 is 1.94 bits per heavy atom. The molecule has 1 aliphatic heterocycles. The molecule has 1 aromatic rings. The molecule has 0 unspecified atom stereocenters. The second-order valence-electron chi connectivity index (χ2n) is 5.06. The largest absolute Gasteiger partial charge is 0.308 e. The van der Waals surface area contributed by atoms with E-state index in [1.807, 2.05) is 35.2 Å². The Hall–Kier alpha value is -1.57. The highest BCUT2D eigenvalue weighted by Gasteiger charge is 2.30. The highest BCUT2D eigenvalue weighted by molar-refractivity contribution is 6.06. The van der Waals surface area contributed by atoms with E-state index in [1.54, 1.807) is 0 Å². The molecule has 0 bridgehead atoms. The molecule has 0 radical (unpaired) electrons. The monoisotopic (exact) mass is 229 g/mol. The normalized spacial score (nSPS) is 21.1. The molecule has 1 atom stereocenters. The van der Waals surface area contributed by atoms with E-state index in [2.05, 4.69) is 20.4 Å². The van der Waals surface area contributed by atoms with E-state index in [0.29, 0.717) is 11.8 Å². The van der Waals surface area contributed by atoms with Gasteiger partial charge in [-0.1, -0.05) is 38.6 Å². The van der Waals surface area contributed by atoms with Gasteiger partial charge in [0.15, 0.2) is 0 Å². The smallest absolute Gasteiger partial charge is 0.253 e. The molecule has 1 aromatic carbocycles. The van der Waals surface area contributed by atoms with Crippen molar-refractivity contribution in [2.75, 3.05) is 11.4 Å². The molecule has 0 N–H and O–H groups in total. The number of para-hydroxylation sites is 1. The maximum absolute atomic E-state index is 12.1. The summed E-state index contributed by atoms with van der Waals surface area (Å²) in [5.74, 6) is 1.17. The molecule has 1 amide bonds. The second-order valence-corrected chi connectivity index (χ2v) is 5.06. The van der Waals surface area contributed by atoms with E-state index in [0.717, 1.165) is 24.2 Å². The van der Waals surface area contributed by atoms with Crippen LogP contribution in [0.4, 0.5) is 5.69 Å². The van der Waals surface area contributed by atoms with Crippen LogP contribution in [-0.2, 0) is 4.79 Å². The van der Waals surface area contributed by atoms with Crippen LogP contribution in [0.5, 0.6) is 0 Å². The van der Waals surface area contributed by atoms with Crippen molar-refractivity contribution in [2.45, 2.75) is 20.3 Å². The van der Waals surface area contributed by atoms with Gasteiger partial charge in [-0.05, 0) is 30.4 Å². The SMILES string of the molecule is C=C1C[C@@H](C(C)C)CN(c2ccccc2)C1=O. The Morgan fingerprint density at radius 3 is 2.53 bits per heavy atom. The molecule has 2 rings (SSSR count). The molecular formula is C15H19NO. The minimum Gasteiger partial charge on any atom is -0.308 e. The van der Waals surface area contributed by atoms with Gasteiger partial charge in [-0.15, -0.1) is 0 Å². The van der Waals surface area contributed by atoms with Crippen LogP contribution in [0.2, 0.25) is 0 Å². The Morgan fingerprint density at radius 1 is 1.29 bits per heavy atom. The van der Waals surface area contributed by atoms with Crippen molar-refractivity contribution in [2.24, 2.45) is 11.8 Å². The van der Waals surface area contributed by atoms with Crippen molar-refractivity contribution >= 4 is 11.6 Å². The Labute approximate surface area is 103 Å². The van der Waals surface area contributed by atoms with Gasteiger partial charge in [0.1, 0.15) is 0 Å². The molecule has 2 heteroatoms. The molecule has 0 aliphatic carbocycles. The maximum atomic E-state index is 12.1. The third-order valence-electron chi connectivity index (χ3n) is 3.48. The number of benzene rings is 1. The summed E-state index contributed by atoms with van der Waals surface area (Å²) in [5, 5.41) is 0. The van der Waals surface area contributed by atoms with E-state index in [-0.39, 0.29) is 5.91 Å². The van der Waals surface area contributed by atoms with E-state index in [9.17, 15) is 4.79 Å². The van der Waals surface area contributed by atoms with Gasteiger partial charge in [0.05, 0.1) is 0 Å². The minimum absolute atomic E-state index is 0.0769. The summed E-state index contributed by atoms with van der Waals surface area (Å²) in [4.78, 5) is 14.0. The van der Waals surface area contributed by atoms with Crippen molar-refractivity contribution in [1.82, 2.24) is 0 Å². The third kappa shape index (κ3) is 2.41. The van der Waals surface area contributed by atoms with Crippen LogP contribution in [0, 0.1) is 11.8 Å². The van der Waals surface area contributed by atoms with Crippen molar-refractivity contribution in [1.29, 1.82) is 0 Å². The molecular weight excluding hydrogens is 210 g/mol. The van der Waals surface area contributed by atoms with Crippen LogP contribution in [0.15, 0.2) is 42.5 Å². The van der Waals surface area contributed by atoms with Crippen molar-refractivity contribution in [3.05, 3.63) is 42.5 Å². The van der Waals surface area contributed by atoms with E-state index in [4.69, 9.17) is 0 Å². The number of amides is 1. The van der Waals surface area contributed by atoms with Gasteiger partial charge in [0.2, 0.25) is 0 Å². The molecule has 2 nitrogen and oxygen atoms in total. The Kier molecular flexibility index (Phi) is 3.32. The van der Waals surface area contributed by atoms with Gasteiger partial charge in [-0.25, -0.2) is 0 Å². The summed E-state index contributed by atoms with van der Waals surface area (Å²) in [6, 6.07) is 9.85. The lowest BCUT2D eigenvalue weighted by molar-refractivity contribution is -0.116. The molecule has 1 fully saturated rings. The summed E-state index contributed by atoms with van der Waals surface area (Å²) in [6.45, 7) is 9.13. The van der Waals surface area contributed by atoms with Crippen LogP contribution in [0.25, 0.3) is 0 Å². The average Bonchev–Trinajstić information content (AvgIpc) is 2.33. The summed E-state index contributed by atoms with van der Waals surface area (Å²) < 4.78 is 0. The first-order valence-electron chi connectivity index (χ1n) is 6.14. The summed E-state index contributed by atoms with van der Waals surface area (Å²) in [6.07, 6.45) is 0.833. The average molecular weight is 229 g/mol. The zero-order valence-corrected chi connectivity index (χ0v) is 10.5. The van der Waals surface area contributed by atoms with Crippen LogP contribution in [0.3, 0.4) is 0 Å². The first kappa shape index (κ1) is 11.9. The van der Waals surface area contributed by atoms with E-state index >= 15 is 0 Å². The fraction of sp³-hybridized carbons (Fsp3) is 0.400. The predicted octanol–water partition coefficient (Wildman–Crippen LogP) is 3.25. The van der Waals surface area contributed by atoms with Crippen LogP contribution >= 0.6 is 0 Å². The Balaban J connectivity index is 2.26. The Bertz CT molecular complexity index is 422. The van der Waals surface area contributed by atoms with Gasteiger partial charge < -0.3 is 4.90 Å². The maximum Gasteiger partial charge on any atom is 0.253 e. The second kappa shape index (κ2) is 4.74. The van der Waals surface area contributed by atoms with Crippen molar-refractivity contribution < 1.29 is 4.79 Å². The molecule has 1 heterocycles. The number of hydrogen-bond donors (Lipinski definition) is 0. The fourth-order valence-corrected chi connectivity index (χ4v) is 2.25. The topological polar surface area (TPSA) is 20.3 Å². The molecule has 0 saturated carbocycles. The number of carbonyl (C=O) groups is 1. The van der Waals surface area contributed by atoms with Gasteiger partial charge in [0, 0.05) is 17.8 Å². The van der Waals surface area contributed by atoms with Gasteiger partial charge in [-0.2, -0.15) is 0 Å². The predicted molar refractivity (Wildman–Crippen MR) is 70.9 cm³/mol. The molecule has 1 aliphatic rings. The van der Waals surface area contributed by atoms with Crippen molar-refractivity contribution in [3.63, 3.8) is 0 Å². The summed E-state index contributed by atoms with van der Waals surface area (Å²) in [5.41, 5.74) is 1.71. The lowest BCUT2D eigenvalue weighted by Crippen LogP contribution is -2.42. The van der Waals surface area contributed by atoms with Crippen LogP contribution in [-0.4, -0.2) is 12.5 Å². The molecule has 1 saturated heterocycles. The zero-order chi connectivity index (χ0) is 12.4. The number of carbonyl (C=O) groups excluding carboxylic acids is 1. The summed E-state index contributed by atoms with van der Waals surface area (Å²) >= 11 is 0. The number of nitrogens with zero attached hydrogens (tertiary/aromatic N) is 1. The number of rotatable bonds is 2. The van der Waals surface area contributed by atoms with Gasteiger partial charge in [-0.3, -0.25) is 4.79 Å². The van der Waals surface area contributed by atoms with Gasteiger partial charge in [0.25, 0.3) is 5.91 Å². The highest BCUT2D eigenvalue weighted by Crippen LogP contribution is 2.30. The number of anilines is 1. The first-order valence-corrected chi connectivity index (χ1v) is 6.14.